The van der Waals surface area contributed by atoms with Gasteiger partial charge in [0.2, 0.25) is 0 Å². The SMILES string of the molecule is CCOC(=O)C(=O)c1c(F)c(C)cc(Cl)c1F. The Hall–Kier alpha value is -1.49. The monoisotopic (exact) mass is 262 g/mol. The molecule has 1 rings (SSSR count). The van der Waals surface area contributed by atoms with Crippen LogP contribution in [0.1, 0.15) is 22.8 Å². The Morgan fingerprint density at radius 1 is 1.35 bits per heavy atom. The average Bonchev–Trinajstić information content (AvgIpc) is 2.27. The molecule has 92 valence electrons. The number of rotatable bonds is 3. The van der Waals surface area contributed by atoms with Crippen LogP contribution in [0.3, 0.4) is 0 Å². The Labute approximate surface area is 101 Å². The summed E-state index contributed by atoms with van der Waals surface area (Å²) >= 11 is 5.47. The lowest BCUT2D eigenvalue weighted by atomic mass is 10.1. The van der Waals surface area contributed by atoms with Gasteiger partial charge in [-0.2, -0.15) is 0 Å². The topological polar surface area (TPSA) is 43.4 Å². The van der Waals surface area contributed by atoms with Crippen LogP contribution in [0.2, 0.25) is 5.02 Å². The second kappa shape index (κ2) is 5.23. The van der Waals surface area contributed by atoms with Crippen molar-refractivity contribution in [3.8, 4) is 0 Å². The summed E-state index contributed by atoms with van der Waals surface area (Å²) in [4.78, 5) is 22.6. The van der Waals surface area contributed by atoms with E-state index in [2.05, 4.69) is 4.74 Å². The van der Waals surface area contributed by atoms with Crippen LogP contribution < -0.4 is 0 Å². The van der Waals surface area contributed by atoms with Gasteiger partial charge in [-0.1, -0.05) is 11.6 Å². The highest BCUT2D eigenvalue weighted by Crippen LogP contribution is 2.24. The third kappa shape index (κ3) is 2.61. The molecule has 0 N–H and O–H groups in total. The highest BCUT2D eigenvalue weighted by molar-refractivity contribution is 6.41. The van der Waals surface area contributed by atoms with E-state index in [0.717, 1.165) is 6.07 Å². The highest BCUT2D eigenvalue weighted by atomic mass is 35.5. The maximum atomic E-state index is 13.6. The Morgan fingerprint density at radius 3 is 2.47 bits per heavy atom. The molecular weight excluding hydrogens is 254 g/mol. The molecule has 0 aliphatic heterocycles. The third-order valence-corrected chi connectivity index (χ3v) is 2.30. The number of Topliss-reactive ketones (excluding diaryl/α,β-unsaturated/α-hetero) is 1. The summed E-state index contributed by atoms with van der Waals surface area (Å²) in [5.41, 5.74) is -1.00. The fourth-order valence-corrected chi connectivity index (χ4v) is 1.49. The molecule has 1 aromatic carbocycles. The lowest BCUT2D eigenvalue weighted by Crippen LogP contribution is -2.21. The Bertz CT molecular complexity index is 460. The number of carbonyl (C=O) groups excluding carboxylic acids is 2. The molecule has 0 aromatic heterocycles. The summed E-state index contributed by atoms with van der Waals surface area (Å²) < 4.78 is 31.4. The Balaban J connectivity index is 3.31. The van der Waals surface area contributed by atoms with Gasteiger partial charge < -0.3 is 4.74 Å². The van der Waals surface area contributed by atoms with Crippen molar-refractivity contribution < 1.29 is 23.1 Å². The molecule has 6 heteroatoms. The molecule has 0 atom stereocenters. The molecule has 0 aliphatic rings. The minimum absolute atomic E-state index is 0.0240. The number of hydrogen-bond acceptors (Lipinski definition) is 3. The zero-order chi connectivity index (χ0) is 13.2. The zero-order valence-electron chi connectivity index (χ0n) is 9.14. The molecule has 0 fully saturated rings. The summed E-state index contributed by atoms with van der Waals surface area (Å²) in [6.07, 6.45) is 0. The second-order valence-corrected chi connectivity index (χ2v) is 3.64. The van der Waals surface area contributed by atoms with E-state index in [0.29, 0.717) is 0 Å². The van der Waals surface area contributed by atoms with Gasteiger partial charge in [0, 0.05) is 0 Å². The third-order valence-electron chi connectivity index (χ3n) is 2.03. The lowest BCUT2D eigenvalue weighted by Gasteiger charge is -2.07. The van der Waals surface area contributed by atoms with Crippen LogP contribution in [0.25, 0.3) is 0 Å². The van der Waals surface area contributed by atoms with Crippen LogP contribution in [-0.4, -0.2) is 18.4 Å². The number of benzene rings is 1. The molecule has 0 heterocycles. The van der Waals surface area contributed by atoms with E-state index in [1.54, 1.807) is 0 Å². The van der Waals surface area contributed by atoms with Crippen molar-refractivity contribution in [3.05, 3.63) is 33.9 Å². The van der Waals surface area contributed by atoms with Gasteiger partial charge in [-0.25, -0.2) is 13.6 Å². The molecular formula is C11H9ClF2O3. The van der Waals surface area contributed by atoms with Crippen molar-refractivity contribution in [3.63, 3.8) is 0 Å². The molecule has 0 bridgehead atoms. The van der Waals surface area contributed by atoms with E-state index in [-0.39, 0.29) is 12.2 Å². The number of hydrogen-bond donors (Lipinski definition) is 0. The zero-order valence-corrected chi connectivity index (χ0v) is 9.90. The molecule has 0 unspecified atom stereocenters. The van der Waals surface area contributed by atoms with Crippen LogP contribution >= 0.6 is 11.6 Å². The molecule has 0 spiro atoms. The first-order valence-corrected chi connectivity index (χ1v) is 5.13. The van der Waals surface area contributed by atoms with Gasteiger partial charge in [0.05, 0.1) is 11.6 Å². The summed E-state index contributed by atoms with van der Waals surface area (Å²) in [6.45, 7) is 2.72. The first-order chi connectivity index (χ1) is 7.90. The fraction of sp³-hybridized carbons (Fsp3) is 0.273. The average molecular weight is 263 g/mol. The van der Waals surface area contributed by atoms with Crippen LogP contribution in [0, 0.1) is 18.6 Å². The van der Waals surface area contributed by atoms with Gasteiger partial charge in [-0.15, -0.1) is 0 Å². The second-order valence-electron chi connectivity index (χ2n) is 3.23. The van der Waals surface area contributed by atoms with Gasteiger partial charge in [-0.05, 0) is 25.5 Å². The molecule has 17 heavy (non-hydrogen) atoms. The first-order valence-electron chi connectivity index (χ1n) is 4.75. The molecule has 0 saturated heterocycles. The van der Waals surface area contributed by atoms with Crippen molar-refractivity contribution in [1.82, 2.24) is 0 Å². The fourth-order valence-electron chi connectivity index (χ4n) is 1.23. The van der Waals surface area contributed by atoms with E-state index in [9.17, 15) is 18.4 Å². The molecule has 0 amide bonds. The minimum atomic E-state index is -1.38. The van der Waals surface area contributed by atoms with E-state index in [1.807, 2.05) is 0 Å². The summed E-state index contributed by atoms with van der Waals surface area (Å²) in [7, 11) is 0. The van der Waals surface area contributed by atoms with Gasteiger partial charge in [0.25, 0.3) is 5.78 Å². The molecule has 1 aromatic rings. The van der Waals surface area contributed by atoms with Crippen LogP contribution in [-0.2, 0) is 9.53 Å². The number of ether oxygens (including phenoxy) is 1. The van der Waals surface area contributed by atoms with E-state index >= 15 is 0 Å². The van der Waals surface area contributed by atoms with Crippen LogP contribution in [0.5, 0.6) is 0 Å². The van der Waals surface area contributed by atoms with Crippen LogP contribution in [0.4, 0.5) is 8.78 Å². The standard InChI is InChI=1S/C11H9ClF2O3/c1-3-17-11(16)10(15)7-8(13)5(2)4-6(12)9(7)14/h4H,3H2,1-2H3. The van der Waals surface area contributed by atoms with E-state index < -0.39 is 34.0 Å². The Morgan fingerprint density at radius 2 is 1.94 bits per heavy atom. The molecule has 0 saturated carbocycles. The predicted octanol–water partition coefficient (Wildman–Crippen LogP) is 2.67. The van der Waals surface area contributed by atoms with Gasteiger partial charge in [0.15, 0.2) is 5.82 Å². The lowest BCUT2D eigenvalue weighted by molar-refractivity contribution is -0.137. The predicted molar refractivity (Wildman–Crippen MR) is 57.1 cm³/mol. The van der Waals surface area contributed by atoms with Crippen molar-refractivity contribution in [2.24, 2.45) is 0 Å². The smallest absolute Gasteiger partial charge is 0.379 e. The van der Waals surface area contributed by atoms with Crippen molar-refractivity contribution in [1.29, 1.82) is 0 Å². The largest absolute Gasteiger partial charge is 0.460 e. The van der Waals surface area contributed by atoms with Crippen molar-refractivity contribution >= 4 is 23.4 Å². The number of carbonyl (C=O) groups is 2. The normalized spacial score (nSPS) is 10.2. The highest BCUT2D eigenvalue weighted by Gasteiger charge is 2.28. The van der Waals surface area contributed by atoms with Gasteiger partial charge in [0.1, 0.15) is 11.4 Å². The van der Waals surface area contributed by atoms with Crippen LogP contribution in [0.15, 0.2) is 6.07 Å². The minimum Gasteiger partial charge on any atom is -0.460 e. The number of ketones is 1. The number of aryl methyl sites for hydroxylation is 1. The Kier molecular flexibility index (Phi) is 4.17. The summed E-state index contributed by atoms with van der Waals surface area (Å²) in [6, 6.07) is 1.04. The first kappa shape index (κ1) is 13.6. The molecule has 0 radical (unpaired) electrons. The summed E-state index contributed by atoms with van der Waals surface area (Å²) in [5, 5.41) is -0.420. The van der Waals surface area contributed by atoms with E-state index in [4.69, 9.17) is 11.6 Å². The van der Waals surface area contributed by atoms with E-state index in [1.165, 1.54) is 13.8 Å². The maximum Gasteiger partial charge on any atom is 0.379 e. The van der Waals surface area contributed by atoms with Gasteiger partial charge in [-0.3, -0.25) is 4.79 Å². The van der Waals surface area contributed by atoms with Crippen molar-refractivity contribution in [2.75, 3.05) is 6.61 Å². The van der Waals surface area contributed by atoms with Crippen molar-refractivity contribution in [2.45, 2.75) is 13.8 Å². The number of halogens is 3. The quantitative estimate of drug-likeness (QED) is 0.364. The number of esters is 1. The molecule has 3 nitrogen and oxygen atoms in total. The summed E-state index contributed by atoms with van der Waals surface area (Å²) in [5.74, 6) is -5.06. The molecule has 0 aliphatic carbocycles. The maximum absolute atomic E-state index is 13.6. The van der Waals surface area contributed by atoms with Gasteiger partial charge >= 0.3 is 5.97 Å².